The summed E-state index contributed by atoms with van der Waals surface area (Å²) in [5, 5.41) is 7.86. The summed E-state index contributed by atoms with van der Waals surface area (Å²) < 4.78 is 0. The first kappa shape index (κ1) is 21.6. The monoisotopic (exact) mass is 439 g/mol. The molecular weight excluding hydrogens is 410 g/mol. The number of thiophene rings is 1. The minimum absolute atomic E-state index is 0.00365. The van der Waals surface area contributed by atoms with Gasteiger partial charge in [-0.25, -0.2) is 0 Å². The number of carbonyl (C=O) groups excluding carboxylic acids is 3. The molecule has 1 aromatic carbocycles. The maximum atomic E-state index is 13.3. The molecule has 7 heteroatoms. The number of benzene rings is 1. The average Bonchev–Trinajstić information content (AvgIpc) is 3.46. The van der Waals surface area contributed by atoms with Crippen molar-refractivity contribution in [2.45, 2.75) is 45.1 Å². The number of carbonyl (C=O) groups is 3. The molecule has 6 nitrogen and oxygen atoms in total. The summed E-state index contributed by atoms with van der Waals surface area (Å²) >= 11 is 1.69. The van der Waals surface area contributed by atoms with Gasteiger partial charge < -0.3 is 15.5 Å². The fourth-order valence-electron chi connectivity index (χ4n) is 4.81. The fraction of sp³-hybridized carbons (Fsp3) is 0.458. The van der Waals surface area contributed by atoms with Crippen LogP contribution in [-0.4, -0.2) is 48.3 Å². The lowest BCUT2D eigenvalue weighted by Crippen LogP contribution is -2.57. The van der Waals surface area contributed by atoms with Gasteiger partial charge in [0.25, 0.3) is 0 Å². The van der Waals surface area contributed by atoms with E-state index in [-0.39, 0.29) is 17.7 Å². The maximum Gasteiger partial charge on any atom is 0.245 e. The second-order valence-corrected chi connectivity index (χ2v) is 9.42. The molecule has 2 saturated heterocycles. The molecule has 0 aliphatic carbocycles. The first-order chi connectivity index (χ1) is 15.0. The van der Waals surface area contributed by atoms with Crippen molar-refractivity contribution in [3.8, 4) is 10.4 Å². The van der Waals surface area contributed by atoms with Crippen molar-refractivity contribution in [3.63, 3.8) is 0 Å². The lowest BCUT2D eigenvalue weighted by molar-refractivity contribution is -0.143. The van der Waals surface area contributed by atoms with Crippen molar-refractivity contribution in [3.05, 3.63) is 47.3 Å². The van der Waals surface area contributed by atoms with E-state index in [2.05, 4.69) is 34.2 Å². The number of rotatable bonds is 6. The van der Waals surface area contributed by atoms with Crippen molar-refractivity contribution in [1.82, 2.24) is 15.5 Å². The summed E-state index contributed by atoms with van der Waals surface area (Å²) in [5.41, 5.74) is 1.59. The first-order valence-corrected chi connectivity index (χ1v) is 11.9. The van der Waals surface area contributed by atoms with Crippen LogP contribution in [0.4, 0.5) is 0 Å². The van der Waals surface area contributed by atoms with Crippen molar-refractivity contribution < 1.29 is 14.4 Å². The maximum absolute atomic E-state index is 13.3. The summed E-state index contributed by atoms with van der Waals surface area (Å²) in [6, 6.07) is 11.9. The Labute approximate surface area is 187 Å². The van der Waals surface area contributed by atoms with E-state index in [1.807, 2.05) is 25.1 Å². The van der Waals surface area contributed by atoms with E-state index in [9.17, 15) is 14.4 Å². The summed E-state index contributed by atoms with van der Waals surface area (Å²) in [5.74, 6) is -0.134. The van der Waals surface area contributed by atoms with Gasteiger partial charge in [0.1, 0.15) is 6.04 Å². The van der Waals surface area contributed by atoms with Gasteiger partial charge in [0, 0.05) is 30.9 Å². The topological polar surface area (TPSA) is 78.5 Å². The summed E-state index contributed by atoms with van der Waals surface area (Å²) in [4.78, 5) is 41.0. The predicted molar refractivity (Wildman–Crippen MR) is 122 cm³/mol. The van der Waals surface area contributed by atoms with E-state index in [1.165, 1.54) is 4.88 Å². The zero-order valence-corrected chi connectivity index (χ0v) is 18.7. The molecule has 2 aromatic rings. The minimum atomic E-state index is -0.681. The number of nitrogens with one attached hydrogen (secondary N) is 2. The lowest BCUT2D eigenvalue weighted by atomic mass is 9.73. The molecule has 2 aliphatic heterocycles. The second kappa shape index (κ2) is 9.22. The second-order valence-electron chi connectivity index (χ2n) is 8.47. The van der Waals surface area contributed by atoms with Gasteiger partial charge in [-0.3, -0.25) is 14.4 Å². The highest BCUT2D eigenvalue weighted by molar-refractivity contribution is 7.13. The number of piperidine rings is 1. The molecule has 31 heavy (non-hydrogen) atoms. The Hall–Kier alpha value is -2.67. The molecule has 2 fully saturated rings. The fourth-order valence-corrected chi connectivity index (χ4v) is 5.60. The molecule has 2 atom stereocenters. The standard InChI is InChI=1S/C24H29N3O3S/c1-2-25-23(30)24(15-17-7-3-4-8-18(17)20-9-5-14-31-20)12-6-13-27(16-24)22(29)19-10-11-21(28)26-19/h3-5,7-9,14,19H,2,6,10-13,15-16H2,1H3,(H,25,30)(H,26,28). The van der Waals surface area contributed by atoms with E-state index in [0.29, 0.717) is 38.9 Å². The smallest absolute Gasteiger partial charge is 0.245 e. The normalized spacial score (nSPS) is 23.5. The van der Waals surface area contributed by atoms with Crippen LogP contribution >= 0.6 is 11.3 Å². The van der Waals surface area contributed by atoms with Crippen molar-refractivity contribution in [2.75, 3.05) is 19.6 Å². The van der Waals surface area contributed by atoms with Crippen molar-refractivity contribution >= 4 is 29.1 Å². The van der Waals surface area contributed by atoms with Gasteiger partial charge in [0.2, 0.25) is 17.7 Å². The summed E-state index contributed by atoms with van der Waals surface area (Å²) in [6.07, 6.45) is 3.00. The van der Waals surface area contributed by atoms with Gasteiger partial charge >= 0.3 is 0 Å². The SMILES string of the molecule is CCNC(=O)C1(Cc2ccccc2-c2cccs2)CCCN(C(=O)C2CCC(=O)N2)C1. The number of likely N-dealkylation sites (tertiary alicyclic amines) is 1. The molecule has 4 rings (SSSR count). The van der Waals surface area contributed by atoms with Crippen molar-refractivity contribution in [2.24, 2.45) is 5.41 Å². The van der Waals surface area contributed by atoms with E-state index in [1.54, 1.807) is 16.2 Å². The molecule has 0 bridgehead atoms. The van der Waals surface area contributed by atoms with E-state index in [4.69, 9.17) is 0 Å². The average molecular weight is 440 g/mol. The minimum Gasteiger partial charge on any atom is -0.356 e. The third-order valence-corrected chi connectivity index (χ3v) is 7.24. The molecular formula is C24H29N3O3S. The Morgan fingerprint density at radius 3 is 2.81 bits per heavy atom. The Kier molecular flexibility index (Phi) is 6.41. The zero-order valence-electron chi connectivity index (χ0n) is 17.9. The third kappa shape index (κ3) is 4.51. The molecule has 3 amide bonds. The summed E-state index contributed by atoms with van der Waals surface area (Å²) in [6.45, 7) is 3.48. The van der Waals surface area contributed by atoms with Crippen LogP contribution in [0, 0.1) is 5.41 Å². The van der Waals surface area contributed by atoms with E-state index >= 15 is 0 Å². The molecule has 0 radical (unpaired) electrons. The molecule has 2 aliphatic rings. The van der Waals surface area contributed by atoms with Gasteiger partial charge in [-0.05, 0) is 55.2 Å². The molecule has 2 N–H and O–H groups in total. The molecule has 0 spiro atoms. The van der Waals surface area contributed by atoms with Crippen LogP contribution in [-0.2, 0) is 20.8 Å². The third-order valence-electron chi connectivity index (χ3n) is 6.33. The van der Waals surface area contributed by atoms with Gasteiger partial charge in [-0.15, -0.1) is 11.3 Å². The zero-order chi connectivity index (χ0) is 21.8. The largest absolute Gasteiger partial charge is 0.356 e. The molecule has 2 unspecified atom stereocenters. The highest BCUT2D eigenvalue weighted by Crippen LogP contribution is 2.38. The van der Waals surface area contributed by atoms with Gasteiger partial charge in [-0.1, -0.05) is 30.3 Å². The number of hydrogen-bond donors (Lipinski definition) is 2. The molecule has 0 saturated carbocycles. The quantitative estimate of drug-likeness (QED) is 0.726. The molecule has 1 aromatic heterocycles. The molecule has 164 valence electrons. The first-order valence-electron chi connectivity index (χ1n) is 11.0. The highest BCUT2D eigenvalue weighted by atomic mass is 32.1. The Morgan fingerprint density at radius 1 is 1.26 bits per heavy atom. The van der Waals surface area contributed by atoms with Crippen LogP contribution in [0.1, 0.15) is 38.2 Å². The number of nitrogens with zero attached hydrogens (tertiary/aromatic N) is 1. The number of hydrogen-bond acceptors (Lipinski definition) is 4. The van der Waals surface area contributed by atoms with E-state index < -0.39 is 11.5 Å². The van der Waals surface area contributed by atoms with Crippen LogP contribution in [0.3, 0.4) is 0 Å². The number of amides is 3. The molecule has 3 heterocycles. The Balaban J connectivity index is 1.63. The van der Waals surface area contributed by atoms with Gasteiger partial charge in [-0.2, -0.15) is 0 Å². The van der Waals surface area contributed by atoms with Crippen molar-refractivity contribution in [1.29, 1.82) is 0 Å². The van der Waals surface area contributed by atoms with Crippen LogP contribution in [0.25, 0.3) is 10.4 Å². The van der Waals surface area contributed by atoms with Crippen LogP contribution in [0.15, 0.2) is 41.8 Å². The van der Waals surface area contributed by atoms with Gasteiger partial charge in [0.15, 0.2) is 0 Å². The summed E-state index contributed by atoms with van der Waals surface area (Å²) in [7, 11) is 0. The van der Waals surface area contributed by atoms with E-state index in [0.717, 1.165) is 24.0 Å². The highest BCUT2D eigenvalue weighted by Gasteiger charge is 2.45. The van der Waals surface area contributed by atoms with Crippen LogP contribution < -0.4 is 10.6 Å². The lowest BCUT2D eigenvalue weighted by Gasteiger charge is -2.42. The van der Waals surface area contributed by atoms with Gasteiger partial charge in [0.05, 0.1) is 5.41 Å². The predicted octanol–water partition coefficient (Wildman–Crippen LogP) is 2.98. The Morgan fingerprint density at radius 2 is 2.10 bits per heavy atom. The van der Waals surface area contributed by atoms with Crippen LogP contribution in [0.5, 0.6) is 0 Å². The van der Waals surface area contributed by atoms with Crippen LogP contribution in [0.2, 0.25) is 0 Å². The Bertz CT molecular complexity index is 959.